The van der Waals surface area contributed by atoms with Crippen molar-refractivity contribution in [2.24, 2.45) is 11.7 Å². The molecule has 4 heteroatoms. The van der Waals surface area contributed by atoms with E-state index in [0.717, 1.165) is 11.1 Å². The second-order valence-electron chi connectivity index (χ2n) is 4.99. The molecule has 0 fully saturated rings. The minimum atomic E-state index is -3.06. The summed E-state index contributed by atoms with van der Waals surface area (Å²) in [5, 5.41) is 0. The standard InChI is InChI=1S/C13H21NO2S/c1-10(2)8-17(15,16)9-13(14)12-6-4-11(3)5-7-12/h4-7,10,13H,8-9,14H2,1-3H3. The van der Waals surface area contributed by atoms with Crippen LogP contribution in [0.4, 0.5) is 0 Å². The van der Waals surface area contributed by atoms with E-state index < -0.39 is 15.9 Å². The van der Waals surface area contributed by atoms with Gasteiger partial charge in [0.15, 0.2) is 9.84 Å². The molecule has 3 nitrogen and oxygen atoms in total. The summed E-state index contributed by atoms with van der Waals surface area (Å²) in [4.78, 5) is 0. The van der Waals surface area contributed by atoms with Crippen LogP contribution in [0.2, 0.25) is 0 Å². The molecular weight excluding hydrogens is 234 g/mol. The average molecular weight is 255 g/mol. The first-order chi connectivity index (χ1) is 7.80. The lowest BCUT2D eigenvalue weighted by Crippen LogP contribution is -2.25. The Labute approximate surface area is 104 Å². The largest absolute Gasteiger partial charge is 0.323 e. The maximum atomic E-state index is 11.8. The number of aryl methyl sites for hydroxylation is 1. The van der Waals surface area contributed by atoms with E-state index in [0.29, 0.717) is 0 Å². The molecule has 1 atom stereocenters. The molecule has 17 heavy (non-hydrogen) atoms. The Morgan fingerprint density at radius 3 is 2.12 bits per heavy atom. The summed E-state index contributed by atoms with van der Waals surface area (Å²) >= 11 is 0. The van der Waals surface area contributed by atoms with Crippen molar-refractivity contribution in [1.82, 2.24) is 0 Å². The van der Waals surface area contributed by atoms with Gasteiger partial charge in [-0.2, -0.15) is 0 Å². The second-order valence-corrected chi connectivity index (χ2v) is 7.14. The smallest absolute Gasteiger partial charge is 0.152 e. The van der Waals surface area contributed by atoms with Gasteiger partial charge in [-0.05, 0) is 18.4 Å². The topological polar surface area (TPSA) is 60.2 Å². The van der Waals surface area contributed by atoms with Crippen molar-refractivity contribution in [2.75, 3.05) is 11.5 Å². The van der Waals surface area contributed by atoms with Gasteiger partial charge >= 0.3 is 0 Å². The van der Waals surface area contributed by atoms with Crippen LogP contribution in [0.3, 0.4) is 0 Å². The Morgan fingerprint density at radius 2 is 1.65 bits per heavy atom. The number of benzene rings is 1. The lowest BCUT2D eigenvalue weighted by atomic mass is 10.1. The van der Waals surface area contributed by atoms with Crippen LogP contribution in [0.5, 0.6) is 0 Å². The minimum Gasteiger partial charge on any atom is -0.323 e. The van der Waals surface area contributed by atoms with Crippen LogP contribution in [0.15, 0.2) is 24.3 Å². The Kier molecular flexibility index (Phi) is 4.71. The molecule has 0 aliphatic rings. The first kappa shape index (κ1) is 14.2. The fourth-order valence-electron chi connectivity index (χ4n) is 1.76. The zero-order valence-corrected chi connectivity index (χ0v) is 11.5. The maximum absolute atomic E-state index is 11.8. The zero-order chi connectivity index (χ0) is 13.1. The number of sulfone groups is 1. The van der Waals surface area contributed by atoms with Crippen LogP contribution in [-0.4, -0.2) is 19.9 Å². The van der Waals surface area contributed by atoms with Gasteiger partial charge < -0.3 is 5.73 Å². The highest BCUT2D eigenvalue weighted by Gasteiger charge is 2.18. The molecule has 0 amide bonds. The Morgan fingerprint density at radius 1 is 1.12 bits per heavy atom. The highest BCUT2D eigenvalue weighted by Crippen LogP contribution is 2.15. The van der Waals surface area contributed by atoms with Gasteiger partial charge in [0.05, 0.1) is 11.5 Å². The monoisotopic (exact) mass is 255 g/mol. The van der Waals surface area contributed by atoms with E-state index in [1.165, 1.54) is 0 Å². The van der Waals surface area contributed by atoms with Crippen LogP contribution >= 0.6 is 0 Å². The molecule has 96 valence electrons. The Bertz CT molecular complexity index is 449. The van der Waals surface area contributed by atoms with Crippen LogP contribution in [-0.2, 0) is 9.84 Å². The predicted octanol–water partition coefficient (Wildman–Crippen LogP) is 2.07. The van der Waals surface area contributed by atoms with Crippen LogP contribution in [0.25, 0.3) is 0 Å². The molecule has 1 rings (SSSR count). The number of rotatable bonds is 5. The van der Waals surface area contributed by atoms with Crippen LogP contribution < -0.4 is 5.73 Å². The van der Waals surface area contributed by atoms with E-state index in [1.54, 1.807) is 0 Å². The van der Waals surface area contributed by atoms with Crippen molar-refractivity contribution in [3.05, 3.63) is 35.4 Å². The van der Waals surface area contributed by atoms with Crippen molar-refractivity contribution >= 4 is 9.84 Å². The molecule has 1 aromatic carbocycles. The molecule has 0 heterocycles. The third kappa shape index (κ3) is 4.88. The normalized spacial score (nSPS) is 13.9. The fourth-order valence-corrected chi connectivity index (χ4v) is 3.65. The lowest BCUT2D eigenvalue weighted by Gasteiger charge is -2.14. The lowest BCUT2D eigenvalue weighted by molar-refractivity contribution is 0.575. The van der Waals surface area contributed by atoms with Crippen LogP contribution in [0, 0.1) is 12.8 Å². The summed E-state index contributed by atoms with van der Waals surface area (Å²) in [6.45, 7) is 5.79. The number of hydrogen-bond acceptors (Lipinski definition) is 3. The van der Waals surface area contributed by atoms with Crippen molar-refractivity contribution in [3.63, 3.8) is 0 Å². The summed E-state index contributed by atoms with van der Waals surface area (Å²) < 4.78 is 23.6. The van der Waals surface area contributed by atoms with Gasteiger partial charge in [-0.15, -0.1) is 0 Å². The molecule has 1 unspecified atom stereocenters. The molecular formula is C13H21NO2S. The van der Waals surface area contributed by atoms with Crippen molar-refractivity contribution < 1.29 is 8.42 Å². The van der Waals surface area contributed by atoms with Gasteiger partial charge in [0.1, 0.15) is 0 Å². The SMILES string of the molecule is Cc1ccc(C(N)CS(=O)(=O)CC(C)C)cc1. The predicted molar refractivity (Wildman–Crippen MR) is 71.6 cm³/mol. The number of hydrogen-bond donors (Lipinski definition) is 1. The highest BCUT2D eigenvalue weighted by atomic mass is 32.2. The van der Waals surface area contributed by atoms with Gasteiger partial charge in [0, 0.05) is 6.04 Å². The van der Waals surface area contributed by atoms with Gasteiger partial charge in [-0.3, -0.25) is 0 Å². The highest BCUT2D eigenvalue weighted by molar-refractivity contribution is 7.91. The van der Waals surface area contributed by atoms with E-state index in [9.17, 15) is 8.42 Å². The molecule has 2 N–H and O–H groups in total. The van der Waals surface area contributed by atoms with Crippen LogP contribution in [0.1, 0.15) is 31.0 Å². The van der Waals surface area contributed by atoms with Crippen molar-refractivity contribution in [1.29, 1.82) is 0 Å². The van der Waals surface area contributed by atoms with E-state index in [-0.39, 0.29) is 17.4 Å². The summed E-state index contributed by atoms with van der Waals surface area (Å²) in [7, 11) is -3.06. The molecule has 0 spiro atoms. The minimum absolute atomic E-state index is 0.0221. The van der Waals surface area contributed by atoms with Gasteiger partial charge in [0.25, 0.3) is 0 Å². The Hall–Kier alpha value is -0.870. The molecule has 0 saturated heterocycles. The van der Waals surface area contributed by atoms with Crippen molar-refractivity contribution in [3.8, 4) is 0 Å². The first-order valence-electron chi connectivity index (χ1n) is 5.83. The quantitative estimate of drug-likeness (QED) is 0.876. The second kappa shape index (κ2) is 5.65. The fraction of sp³-hybridized carbons (Fsp3) is 0.538. The third-order valence-electron chi connectivity index (χ3n) is 2.53. The van der Waals surface area contributed by atoms with E-state index in [4.69, 9.17) is 5.73 Å². The first-order valence-corrected chi connectivity index (χ1v) is 7.65. The van der Waals surface area contributed by atoms with E-state index in [1.807, 2.05) is 45.0 Å². The Balaban J connectivity index is 2.72. The summed E-state index contributed by atoms with van der Waals surface area (Å²) in [6.07, 6.45) is 0. The van der Waals surface area contributed by atoms with Gasteiger partial charge in [-0.1, -0.05) is 43.7 Å². The summed E-state index contributed by atoms with van der Waals surface area (Å²) in [5.74, 6) is 0.367. The maximum Gasteiger partial charge on any atom is 0.152 e. The molecule has 0 saturated carbocycles. The molecule has 0 aromatic heterocycles. The molecule has 0 aliphatic heterocycles. The zero-order valence-electron chi connectivity index (χ0n) is 10.7. The molecule has 0 bridgehead atoms. The van der Waals surface area contributed by atoms with E-state index >= 15 is 0 Å². The summed E-state index contributed by atoms with van der Waals surface area (Å²) in [6, 6.07) is 7.25. The molecule has 0 aliphatic carbocycles. The average Bonchev–Trinajstić information content (AvgIpc) is 2.15. The van der Waals surface area contributed by atoms with Gasteiger partial charge in [0.2, 0.25) is 0 Å². The third-order valence-corrected chi connectivity index (χ3v) is 4.57. The van der Waals surface area contributed by atoms with Crippen molar-refractivity contribution in [2.45, 2.75) is 26.8 Å². The molecule has 1 aromatic rings. The van der Waals surface area contributed by atoms with Gasteiger partial charge in [-0.25, -0.2) is 8.42 Å². The molecule has 0 radical (unpaired) electrons. The summed E-state index contributed by atoms with van der Waals surface area (Å²) in [5.41, 5.74) is 7.95. The van der Waals surface area contributed by atoms with E-state index in [2.05, 4.69) is 0 Å². The number of nitrogens with two attached hydrogens (primary N) is 1.